The highest BCUT2D eigenvalue weighted by Gasteiger charge is 2.49. The molecule has 8 heteroatoms. The van der Waals surface area contributed by atoms with Gasteiger partial charge in [0, 0.05) is 11.5 Å². The van der Waals surface area contributed by atoms with Crippen molar-refractivity contribution in [2.45, 2.75) is 62.9 Å². The number of alkyl halides is 3. The van der Waals surface area contributed by atoms with Crippen LogP contribution in [0, 0.1) is 12.8 Å². The van der Waals surface area contributed by atoms with Crippen LogP contribution in [0.15, 0.2) is 18.2 Å². The van der Waals surface area contributed by atoms with E-state index in [1.54, 1.807) is 6.07 Å². The second-order valence-electron chi connectivity index (χ2n) is 7.46. The van der Waals surface area contributed by atoms with Gasteiger partial charge < -0.3 is 9.50 Å². The molecule has 1 aromatic rings. The lowest BCUT2D eigenvalue weighted by Crippen LogP contribution is -2.54. The Morgan fingerprint density at radius 1 is 1.23 bits per heavy atom. The van der Waals surface area contributed by atoms with Gasteiger partial charge in [0.1, 0.15) is 5.75 Å². The summed E-state index contributed by atoms with van der Waals surface area (Å²) in [6.45, 7) is 4.90. The van der Waals surface area contributed by atoms with E-state index in [2.05, 4.69) is 16.4 Å². The highest BCUT2D eigenvalue weighted by atomic mass is 32.2. The lowest BCUT2D eigenvalue weighted by molar-refractivity contribution is -0.0500. The van der Waals surface area contributed by atoms with E-state index in [1.165, 1.54) is 12.1 Å². The number of benzene rings is 1. The average molecular weight is 391 g/mol. The lowest BCUT2D eigenvalue weighted by Gasteiger charge is -2.52. The van der Waals surface area contributed by atoms with Crippen LogP contribution < -0.4 is 9.50 Å². The van der Waals surface area contributed by atoms with Gasteiger partial charge in [-0.3, -0.25) is 0 Å². The molecule has 1 aromatic carbocycles. The molecule has 2 aliphatic rings. The Morgan fingerprint density at radius 3 is 2.65 bits per heavy atom. The SMILES string of the molecule is Cc1ccc(OS(=O)(=O)C(F)(F)F)cc1C12CCCCC1C(C)NCC2. The van der Waals surface area contributed by atoms with Gasteiger partial charge in [0.15, 0.2) is 0 Å². The average Bonchev–Trinajstić information content (AvgIpc) is 2.55. The van der Waals surface area contributed by atoms with Crippen molar-refractivity contribution in [3.63, 3.8) is 0 Å². The first-order valence-electron chi connectivity index (χ1n) is 8.92. The van der Waals surface area contributed by atoms with Crippen LogP contribution in [-0.4, -0.2) is 26.5 Å². The molecule has 0 spiro atoms. The Balaban J connectivity index is 2.02. The van der Waals surface area contributed by atoms with Crippen LogP contribution >= 0.6 is 0 Å². The van der Waals surface area contributed by atoms with Crippen LogP contribution in [0.5, 0.6) is 5.75 Å². The number of aryl methyl sites for hydroxylation is 1. The van der Waals surface area contributed by atoms with Gasteiger partial charge in [-0.15, -0.1) is 0 Å². The lowest BCUT2D eigenvalue weighted by atomic mass is 9.56. The van der Waals surface area contributed by atoms with Gasteiger partial charge in [-0.05, 0) is 68.8 Å². The standard InChI is InChI=1S/C18H24F3NO3S/c1-12-6-7-14(25-26(23,24)18(19,20)21)11-16(12)17-8-4-3-5-15(17)13(2)22-10-9-17/h6-7,11,13,15,22H,3-5,8-10H2,1-2H3. The van der Waals surface area contributed by atoms with E-state index in [9.17, 15) is 21.6 Å². The summed E-state index contributed by atoms with van der Waals surface area (Å²) in [7, 11) is -5.67. The predicted octanol–water partition coefficient (Wildman–Crippen LogP) is 4.03. The molecule has 1 saturated carbocycles. The molecule has 0 aromatic heterocycles. The fraction of sp³-hybridized carbons (Fsp3) is 0.667. The van der Waals surface area contributed by atoms with Gasteiger partial charge in [-0.25, -0.2) is 0 Å². The van der Waals surface area contributed by atoms with Crippen LogP contribution in [-0.2, 0) is 15.5 Å². The van der Waals surface area contributed by atoms with E-state index in [4.69, 9.17) is 0 Å². The zero-order valence-corrected chi connectivity index (χ0v) is 15.7. The maximum Gasteiger partial charge on any atom is 0.534 e. The van der Waals surface area contributed by atoms with E-state index in [1.807, 2.05) is 6.92 Å². The molecule has 3 rings (SSSR count). The van der Waals surface area contributed by atoms with Crippen LogP contribution in [0.4, 0.5) is 13.2 Å². The first-order valence-corrected chi connectivity index (χ1v) is 10.3. The maximum atomic E-state index is 12.7. The zero-order chi connectivity index (χ0) is 19.2. The molecule has 0 bridgehead atoms. The third-order valence-corrected chi connectivity index (χ3v) is 6.95. The molecule has 3 atom stereocenters. The Morgan fingerprint density at radius 2 is 1.96 bits per heavy atom. The molecule has 1 aliphatic carbocycles. The number of nitrogens with one attached hydrogen (secondary N) is 1. The number of fused-ring (bicyclic) bond motifs is 1. The monoisotopic (exact) mass is 391 g/mol. The fourth-order valence-electron chi connectivity index (χ4n) is 4.80. The highest BCUT2D eigenvalue weighted by Crippen LogP contribution is 2.51. The molecule has 1 heterocycles. The number of hydrogen-bond acceptors (Lipinski definition) is 4. The van der Waals surface area contributed by atoms with E-state index < -0.39 is 15.6 Å². The van der Waals surface area contributed by atoms with Crippen molar-refractivity contribution in [2.24, 2.45) is 5.92 Å². The number of rotatable bonds is 3. The van der Waals surface area contributed by atoms with Crippen molar-refractivity contribution >= 4 is 10.1 Å². The Kier molecular flexibility index (Phi) is 5.03. The van der Waals surface area contributed by atoms with Crippen LogP contribution in [0.1, 0.15) is 50.2 Å². The molecular formula is C18H24F3NO3S. The van der Waals surface area contributed by atoms with E-state index in [0.29, 0.717) is 12.0 Å². The van der Waals surface area contributed by atoms with Crippen LogP contribution in [0.3, 0.4) is 0 Å². The van der Waals surface area contributed by atoms with Gasteiger partial charge in [0.2, 0.25) is 0 Å². The van der Waals surface area contributed by atoms with Crippen LogP contribution in [0.2, 0.25) is 0 Å². The number of piperidine rings is 1. The summed E-state index contributed by atoms with van der Waals surface area (Å²) in [6, 6.07) is 4.77. The molecule has 146 valence electrons. The summed E-state index contributed by atoms with van der Waals surface area (Å²) >= 11 is 0. The quantitative estimate of drug-likeness (QED) is 0.624. The van der Waals surface area contributed by atoms with Crippen molar-refractivity contribution in [1.29, 1.82) is 0 Å². The largest absolute Gasteiger partial charge is 0.534 e. The molecule has 1 aliphatic heterocycles. The Hall–Kier alpha value is -1.28. The molecule has 3 unspecified atom stereocenters. The van der Waals surface area contributed by atoms with Crippen molar-refractivity contribution in [1.82, 2.24) is 5.32 Å². The molecule has 4 nitrogen and oxygen atoms in total. The van der Waals surface area contributed by atoms with Crippen molar-refractivity contribution in [2.75, 3.05) is 6.54 Å². The van der Waals surface area contributed by atoms with Gasteiger partial charge in [-0.1, -0.05) is 18.9 Å². The van der Waals surface area contributed by atoms with E-state index in [0.717, 1.165) is 49.8 Å². The molecule has 0 radical (unpaired) electrons. The summed E-state index contributed by atoms with van der Waals surface area (Å²) in [4.78, 5) is 0. The highest BCUT2D eigenvalue weighted by molar-refractivity contribution is 7.88. The summed E-state index contributed by atoms with van der Waals surface area (Å²) in [5.41, 5.74) is -3.70. The van der Waals surface area contributed by atoms with Crippen molar-refractivity contribution in [3.8, 4) is 5.75 Å². The topological polar surface area (TPSA) is 55.4 Å². The van der Waals surface area contributed by atoms with Crippen LogP contribution in [0.25, 0.3) is 0 Å². The zero-order valence-electron chi connectivity index (χ0n) is 14.9. The molecular weight excluding hydrogens is 367 g/mol. The van der Waals surface area contributed by atoms with E-state index in [-0.39, 0.29) is 11.2 Å². The van der Waals surface area contributed by atoms with Gasteiger partial charge in [0.05, 0.1) is 0 Å². The van der Waals surface area contributed by atoms with E-state index >= 15 is 0 Å². The number of halogens is 3. The third-order valence-electron chi connectivity index (χ3n) is 5.97. The summed E-state index contributed by atoms with van der Waals surface area (Å²) in [6.07, 6.45) is 5.10. The normalized spacial score (nSPS) is 29.9. The smallest absolute Gasteiger partial charge is 0.376 e. The summed E-state index contributed by atoms with van der Waals surface area (Å²) in [5, 5.41) is 3.49. The third kappa shape index (κ3) is 3.33. The number of hydrogen-bond donors (Lipinski definition) is 1. The van der Waals surface area contributed by atoms with Gasteiger partial charge in [0.25, 0.3) is 0 Å². The Bertz CT molecular complexity index is 774. The van der Waals surface area contributed by atoms with Gasteiger partial charge in [-0.2, -0.15) is 21.6 Å². The molecule has 1 N–H and O–H groups in total. The fourth-order valence-corrected chi connectivity index (χ4v) is 5.25. The minimum Gasteiger partial charge on any atom is -0.376 e. The summed E-state index contributed by atoms with van der Waals surface area (Å²) < 4.78 is 65.1. The summed E-state index contributed by atoms with van der Waals surface area (Å²) in [5.74, 6) is 0.103. The molecule has 0 amide bonds. The predicted molar refractivity (Wildman–Crippen MR) is 92.5 cm³/mol. The molecule has 26 heavy (non-hydrogen) atoms. The second-order valence-corrected chi connectivity index (χ2v) is 9.00. The first kappa shape index (κ1) is 19.5. The van der Waals surface area contributed by atoms with Crippen molar-refractivity contribution < 1.29 is 25.8 Å². The van der Waals surface area contributed by atoms with Gasteiger partial charge >= 0.3 is 15.6 Å². The molecule has 2 fully saturated rings. The second kappa shape index (κ2) is 6.71. The molecule has 1 saturated heterocycles. The minimum absolute atomic E-state index is 0.144. The maximum absolute atomic E-state index is 12.7. The van der Waals surface area contributed by atoms with Crippen molar-refractivity contribution in [3.05, 3.63) is 29.3 Å². The Labute approximate surface area is 152 Å². The minimum atomic E-state index is -5.67. The first-order chi connectivity index (χ1) is 12.1.